The Morgan fingerprint density at radius 2 is 2.13 bits per heavy atom. The fourth-order valence-corrected chi connectivity index (χ4v) is 2.15. The highest BCUT2D eigenvalue weighted by molar-refractivity contribution is 9.10. The Morgan fingerprint density at radius 1 is 1.27 bits per heavy atom. The summed E-state index contributed by atoms with van der Waals surface area (Å²) in [5.74, 6) is 0. The maximum absolute atomic E-state index is 5.53. The molecule has 2 N–H and O–H groups in total. The molecule has 0 bridgehead atoms. The molecule has 2 nitrogen and oxygen atoms in total. The van der Waals surface area contributed by atoms with Crippen molar-refractivity contribution >= 4 is 26.9 Å². The van der Waals surface area contributed by atoms with Crippen molar-refractivity contribution in [3.05, 3.63) is 34.5 Å². The third-order valence-electron chi connectivity index (χ3n) is 2.53. The molecular weight excluding hydrogens is 254 g/mol. The minimum Gasteiger partial charge on any atom is -0.463 e. The number of unbranched alkanes of at least 4 members (excludes halogenated alkanes) is 1. The molecule has 15 heavy (non-hydrogen) atoms. The van der Waals surface area contributed by atoms with Crippen LogP contribution in [-0.2, 0) is 6.42 Å². The maximum Gasteiger partial charge on any atom is 0.138 e. The van der Waals surface area contributed by atoms with Crippen LogP contribution in [0, 0.1) is 0 Å². The number of aryl methyl sites for hydroxylation is 1. The van der Waals surface area contributed by atoms with Gasteiger partial charge >= 0.3 is 0 Å². The summed E-state index contributed by atoms with van der Waals surface area (Å²) >= 11 is 3.47. The third kappa shape index (κ3) is 2.24. The number of nitrogens with two attached hydrogens (primary N) is 1. The van der Waals surface area contributed by atoms with Gasteiger partial charge in [0.1, 0.15) is 11.8 Å². The molecule has 0 fully saturated rings. The van der Waals surface area contributed by atoms with Crippen molar-refractivity contribution < 1.29 is 4.42 Å². The monoisotopic (exact) mass is 267 g/mol. The topological polar surface area (TPSA) is 39.2 Å². The fraction of sp³-hybridized carbons (Fsp3) is 0.333. The van der Waals surface area contributed by atoms with Gasteiger partial charge in [-0.15, -0.1) is 0 Å². The molecule has 0 atom stereocenters. The van der Waals surface area contributed by atoms with Gasteiger partial charge in [-0.05, 0) is 53.4 Å². The van der Waals surface area contributed by atoms with Gasteiger partial charge in [0, 0.05) is 5.39 Å². The normalized spacial score (nSPS) is 11.1. The molecule has 2 aromatic rings. The fourth-order valence-electron chi connectivity index (χ4n) is 1.74. The standard InChI is InChI=1S/C12H14BrNO/c13-11-8-15-12-9(4-1-2-7-14)5-3-6-10(11)12/h3,5-6,8H,1-2,4,7,14H2. The first-order valence-electron chi connectivity index (χ1n) is 5.17. The molecular formula is C12H14BrNO. The molecule has 0 saturated carbocycles. The second-order valence-electron chi connectivity index (χ2n) is 3.62. The number of benzene rings is 1. The number of furan rings is 1. The molecule has 0 aliphatic rings. The van der Waals surface area contributed by atoms with Crippen molar-refractivity contribution in [1.29, 1.82) is 0 Å². The van der Waals surface area contributed by atoms with E-state index in [0.29, 0.717) is 0 Å². The summed E-state index contributed by atoms with van der Waals surface area (Å²) < 4.78 is 6.56. The first-order valence-corrected chi connectivity index (χ1v) is 5.97. The van der Waals surface area contributed by atoms with Crippen LogP contribution < -0.4 is 5.73 Å². The van der Waals surface area contributed by atoms with E-state index in [-0.39, 0.29) is 0 Å². The van der Waals surface area contributed by atoms with Gasteiger partial charge in [0.15, 0.2) is 0 Å². The van der Waals surface area contributed by atoms with E-state index in [0.717, 1.165) is 41.2 Å². The minimum atomic E-state index is 0.762. The van der Waals surface area contributed by atoms with Crippen LogP contribution in [0.25, 0.3) is 11.0 Å². The molecule has 3 heteroatoms. The first-order chi connectivity index (χ1) is 7.33. The summed E-state index contributed by atoms with van der Waals surface area (Å²) in [6.45, 7) is 0.762. The summed E-state index contributed by atoms with van der Waals surface area (Å²) in [5, 5.41) is 1.15. The van der Waals surface area contributed by atoms with Crippen molar-refractivity contribution in [2.45, 2.75) is 19.3 Å². The summed E-state index contributed by atoms with van der Waals surface area (Å²) in [6.07, 6.45) is 4.97. The summed E-state index contributed by atoms with van der Waals surface area (Å²) in [5.41, 5.74) is 7.75. The van der Waals surface area contributed by atoms with Gasteiger partial charge in [-0.2, -0.15) is 0 Å². The highest BCUT2D eigenvalue weighted by Crippen LogP contribution is 2.29. The summed E-state index contributed by atoms with van der Waals surface area (Å²) in [7, 11) is 0. The van der Waals surface area contributed by atoms with E-state index in [2.05, 4.69) is 34.1 Å². The van der Waals surface area contributed by atoms with E-state index in [4.69, 9.17) is 10.2 Å². The predicted octanol–water partition coefficient (Wildman–Crippen LogP) is 3.48. The van der Waals surface area contributed by atoms with E-state index in [1.165, 1.54) is 5.56 Å². The first kappa shape index (κ1) is 10.7. The van der Waals surface area contributed by atoms with Crippen molar-refractivity contribution in [2.75, 3.05) is 6.54 Å². The van der Waals surface area contributed by atoms with Crippen LogP contribution in [0.3, 0.4) is 0 Å². The number of rotatable bonds is 4. The number of para-hydroxylation sites is 1. The summed E-state index contributed by atoms with van der Waals surface area (Å²) in [4.78, 5) is 0. The lowest BCUT2D eigenvalue weighted by Gasteiger charge is -2.01. The minimum absolute atomic E-state index is 0.762. The van der Waals surface area contributed by atoms with Gasteiger partial charge in [0.2, 0.25) is 0 Å². The molecule has 0 radical (unpaired) electrons. The van der Waals surface area contributed by atoms with Crippen LogP contribution in [0.2, 0.25) is 0 Å². The van der Waals surface area contributed by atoms with E-state index < -0.39 is 0 Å². The molecule has 0 saturated heterocycles. The Morgan fingerprint density at radius 3 is 2.93 bits per heavy atom. The molecule has 0 aliphatic heterocycles. The van der Waals surface area contributed by atoms with Crippen LogP contribution in [0.4, 0.5) is 0 Å². The molecule has 1 heterocycles. The SMILES string of the molecule is NCCCCc1cccc2c(Br)coc12. The molecule has 1 aromatic heterocycles. The van der Waals surface area contributed by atoms with Gasteiger partial charge in [0.05, 0.1) is 4.47 Å². The Bertz CT molecular complexity index is 450. The lowest BCUT2D eigenvalue weighted by atomic mass is 10.1. The number of hydrogen-bond acceptors (Lipinski definition) is 2. The van der Waals surface area contributed by atoms with Crippen LogP contribution in [0.1, 0.15) is 18.4 Å². The molecule has 80 valence electrons. The highest BCUT2D eigenvalue weighted by atomic mass is 79.9. The lowest BCUT2D eigenvalue weighted by molar-refractivity contribution is 0.606. The van der Waals surface area contributed by atoms with Gasteiger partial charge < -0.3 is 10.2 Å². The van der Waals surface area contributed by atoms with E-state index in [1.807, 2.05) is 0 Å². The third-order valence-corrected chi connectivity index (χ3v) is 3.15. The highest BCUT2D eigenvalue weighted by Gasteiger charge is 2.07. The molecule has 0 unspecified atom stereocenters. The largest absolute Gasteiger partial charge is 0.463 e. The molecule has 0 spiro atoms. The van der Waals surface area contributed by atoms with Crippen molar-refractivity contribution in [3.63, 3.8) is 0 Å². The van der Waals surface area contributed by atoms with Gasteiger partial charge in [-0.25, -0.2) is 0 Å². The van der Waals surface area contributed by atoms with Crippen LogP contribution >= 0.6 is 15.9 Å². The zero-order valence-electron chi connectivity index (χ0n) is 8.50. The predicted molar refractivity (Wildman–Crippen MR) is 65.9 cm³/mol. The van der Waals surface area contributed by atoms with Crippen molar-refractivity contribution in [2.24, 2.45) is 5.73 Å². The average Bonchev–Trinajstić information content (AvgIpc) is 2.62. The maximum atomic E-state index is 5.53. The number of fused-ring (bicyclic) bond motifs is 1. The lowest BCUT2D eigenvalue weighted by Crippen LogP contribution is -1.99. The molecule has 2 rings (SSSR count). The van der Waals surface area contributed by atoms with E-state index in [1.54, 1.807) is 6.26 Å². The van der Waals surface area contributed by atoms with E-state index >= 15 is 0 Å². The Hall–Kier alpha value is -0.800. The number of halogens is 1. The summed E-state index contributed by atoms with van der Waals surface area (Å²) in [6, 6.07) is 6.25. The second kappa shape index (κ2) is 4.81. The second-order valence-corrected chi connectivity index (χ2v) is 4.48. The van der Waals surface area contributed by atoms with Crippen molar-refractivity contribution in [1.82, 2.24) is 0 Å². The van der Waals surface area contributed by atoms with Crippen LogP contribution in [-0.4, -0.2) is 6.54 Å². The van der Waals surface area contributed by atoms with Gasteiger partial charge in [0.25, 0.3) is 0 Å². The zero-order valence-corrected chi connectivity index (χ0v) is 10.1. The molecule has 1 aromatic carbocycles. The smallest absolute Gasteiger partial charge is 0.138 e. The van der Waals surface area contributed by atoms with Crippen LogP contribution in [0.5, 0.6) is 0 Å². The average molecular weight is 268 g/mol. The van der Waals surface area contributed by atoms with Gasteiger partial charge in [-0.1, -0.05) is 12.1 Å². The van der Waals surface area contributed by atoms with Crippen LogP contribution in [0.15, 0.2) is 33.4 Å². The Kier molecular flexibility index (Phi) is 3.44. The zero-order chi connectivity index (χ0) is 10.7. The Labute approximate surface area is 97.6 Å². The quantitative estimate of drug-likeness (QED) is 0.862. The van der Waals surface area contributed by atoms with Gasteiger partial charge in [-0.3, -0.25) is 0 Å². The number of hydrogen-bond donors (Lipinski definition) is 1. The molecule has 0 aliphatic carbocycles. The molecule has 0 amide bonds. The Balaban J connectivity index is 2.26. The van der Waals surface area contributed by atoms with Crippen molar-refractivity contribution in [3.8, 4) is 0 Å². The van der Waals surface area contributed by atoms with E-state index in [9.17, 15) is 0 Å².